The van der Waals surface area contributed by atoms with Crippen LogP contribution in [0, 0.1) is 0 Å². The number of aliphatic carboxylic acids is 1. The van der Waals surface area contributed by atoms with Crippen molar-refractivity contribution in [3.8, 4) is 5.75 Å². The van der Waals surface area contributed by atoms with Gasteiger partial charge in [-0.2, -0.15) is 0 Å². The Bertz CT molecular complexity index is 800. The molecule has 1 aliphatic rings. The highest BCUT2D eigenvalue weighted by molar-refractivity contribution is 5.98. The Morgan fingerprint density at radius 3 is 2.48 bits per heavy atom. The Morgan fingerprint density at radius 1 is 1.16 bits per heavy atom. The van der Waals surface area contributed by atoms with Gasteiger partial charge in [0.1, 0.15) is 11.2 Å². The molecule has 0 saturated heterocycles. The van der Waals surface area contributed by atoms with E-state index in [1.807, 2.05) is 24.3 Å². The summed E-state index contributed by atoms with van der Waals surface area (Å²) in [6.07, 6.45) is 1.08. The van der Waals surface area contributed by atoms with Crippen LogP contribution in [0.2, 0.25) is 0 Å². The lowest BCUT2D eigenvalue weighted by molar-refractivity contribution is -0.146. The second-order valence-electron chi connectivity index (χ2n) is 6.37. The summed E-state index contributed by atoms with van der Waals surface area (Å²) in [6, 6.07) is 14.6. The molecule has 5 nitrogen and oxygen atoms in total. The van der Waals surface area contributed by atoms with E-state index in [1.54, 1.807) is 38.4 Å². The second-order valence-corrected chi connectivity index (χ2v) is 6.37. The largest absolute Gasteiger partial charge is 0.497 e. The molecule has 1 amide bonds. The molecule has 1 unspecified atom stereocenters. The number of hydrogen-bond donors (Lipinski definition) is 1. The summed E-state index contributed by atoms with van der Waals surface area (Å²) < 4.78 is 5.12. The number of rotatable bonds is 5. The van der Waals surface area contributed by atoms with Crippen molar-refractivity contribution in [3.63, 3.8) is 0 Å². The number of benzene rings is 2. The lowest BCUT2D eigenvalue weighted by atomic mass is 9.78. The highest BCUT2D eigenvalue weighted by atomic mass is 16.5. The Hall–Kier alpha value is -2.82. The number of ether oxygens (including phenoxy) is 1. The Balaban J connectivity index is 1.86. The first-order valence-electron chi connectivity index (χ1n) is 8.20. The zero-order valence-corrected chi connectivity index (χ0v) is 14.4. The van der Waals surface area contributed by atoms with Gasteiger partial charge in [-0.3, -0.25) is 9.59 Å². The van der Waals surface area contributed by atoms with Crippen LogP contribution in [-0.2, 0) is 21.4 Å². The minimum Gasteiger partial charge on any atom is -0.497 e. The monoisotopic (exact) mass is 339 g/mol. The van der Waals surface area contributed by atoms with Crippen molar-refractivity contribution in [1.82, 2.24) is 0 Å². The molecule has 0 aromatic heterocycles. The van der Waals surface area contributed by atoms with Crippen LogP contribution in [0.3, 0.4) is 0 Å². The normalized spacial score (nSPS) is 18.5. The number of methoxy groups -OCH3 is 1. The SMILES string of the molecule is COc1ccc(N(C)C(=O)CC2(C(=O)O)CCc3ccccc32)cc1. The first kappa shape index (κ1) is 17.0. The fourth-order valence-electron chi connectivity index (χ4n) is 3.50. The number of carbonyl (C=O) groups excluding carboxylic acids is 1. The zero-order valence-electron chi connectivity index (χ0n) is 14.4. The van der Waals surface area contributed by atoms with E-state index in [0.717, 1.165) is 11.1 Å². The highest BCUT2D eigenvalue weighted by Gasteiger charge is 2.47. The van der Waals surface area contributed by atoms with Gasteiger partial charge in [-0.1, -0.05) is 24.3 Å². The predicted molar refractivity (Wildman–Crippen MR) is 95.1 cm³/mol. The van der Waals surface area contributed by atoms with E-state index in [-0.39, 0.29) is 12.3 Å². The van der Waals surface area contributed by atoms with Crippen molar-refractivity contribution in [2.45, 2.75) is 24.7 Å². The van der Waals surface area contributed by atoms with Gasteiger partial charge in [-0.25, -0.2) is 0 Å². The molecule has 0 spiro atoms. The number of fused-ring (bicyclic) bond motifs is 1. The topological polar surface area (TPSA) is 66.8 Å². The molecular formula is C20H21NO4. The van der Waals surface area contributed by atoms with E-state index in [0.29, 0.717) is 24.3 Å². The predicted octanol–water partition coefficient (Wildman–Crippen LogP) is 3.02. The molecule has 3 rings (SSSR count). The molecule has 1 atom stereocenters. The van der Waals surface area contributed by atoms with Gasteiger partial charge < -0.3 is 14.7 Å². The zero-order chi connectivity index (χ0) is 18.0. The van der Waals surface area contributed by atoms with Crippen molar-refractivity contribution in [3.05, 3.63) is 59.7 Å². The molecule has 0 bridgehead atoms. The molecule has 0 saturated carbocycles. The Kier molecular flexibility index (Phi) is 4.49. The van der Waals surface area contributed by atoms with E-state index in [1.165, 1.54) is 4.90 Å². The van der Waals surface area contributed by atoms with Crippen molar-refractivity contribution in [2.24, 2.45) is 0 Å². The molecule has 2 aromatic rings. The van der Waals surface area contributed by atoms with Crippen LogP contribution in [0.25, 0.3) is 0 Å². The van der Waals surface area contributed by atoms with Crippen LogP contribution >= 0.6 is 0 Å². The second kappa shape index (κ2) is 6.59. The average molecular weight is 339 g/mol. The third kappa shape index (κ3) is 2.97. The molecule has 0 radical (unpaired) electrons. The van der Waals surface area contributed by atoms with Crippen LogP contribution in [0.15, 0.2) is 48.5 Å². The van der Waals surface area contributed by atoms with Gasteiger partial charge in [0.2, 0.25) is 5.91 Å². The summed E-state index contributed by atoms with van der Waals surface area (Å²) >= 11 is 0. The van der Waals surface area contributed by atoms with Crippen LogP contribution in [0.5, 0.6) is 5.75 Å². The van der Waals surface area contributed by atoms with Crippen molar-refractivity contribution in [1.29, 1.82) is 0 Å². The minimum absolute atomic E-state index is 0.0537. The number of carbonyl (C=O) groups is 2. The molecule has 0 aliphatic heterocycles. The number of carboxylic acid groups (broad SMARTS) is 1. The molecule has 130 valence electrons. The van der Waals surface area contributed by atoms with Crippen molar-refractivity contribution >= 4 is 17.6 Å². The molecule has 1 aliphatic carbocycles. The summed E-state index contributed by atoms with van der Waals surface area (Å²) in [5, 5.41) is 9.89. The first-order valence-corrected chi connectivity index (χ1v) is 8.20. The Labute approximate surface area is 146 Å². The van der Waals surface area contributed by atoms with Crippen molar-refractivity contribution in [2.75, 3.05) is 19.1 Å². The summed E-state index contributed by atoms with van der Waals surface area (Å²) in [7, 11) is 3.25. The maximum Gasteiger partial charge on any atom is 0.314 e. The summed E-state index contributed by atoms with van der Waals surface area (Å²) in [5.41, 5.74) is 1.34. The van der Waals surface area contributed by atoms with Gasteiger partial charge in [0.25, 0.3) is 0 Å². The molecule has 25 heavy (non-hydrogen) atoms. The van der Waals surface area contributed by atoms with Crippen molar-refractivity contribution < 1.29 is 19.4 Å². The standard InChI is InChI=1S/C20H21NO4/c1-21(15-7-9-16(25-2)10-8-15)18(22)13-20(19(23)24)12-11-14-5-3-4-6-17(14)20/h3-10H,11-13H2,1-2H3,(H,23,24). The molecule has 2 aromatic carbocycles. The highest BCUT2D eigenvalue weighted by Crippen LogP contribution is 2.42. The summed E-state index contributed by atoms with van der Waals surface area (Å²) in [6.45, 7) is 0. The van der Waals surface area contributed by atoms with Gasteiger partial charge in [-0.15, -0.1) is 0 Å². The number of nitrogens with zero attached hydrogens (tertiary/aromatic N) is 1. The third-order valence-electron chi connectivity index (χ3n) is 5.05. The fourth-order valence-corrected chi connectivity index (χ4v) is 3.50. The number of hydrogen-bond acceptors (Lipinski definition) is 3. The molecule has 1 N–H and O–H groups in total. The smallest absolute Gasteiger partial charge is 0.314 e. The van der Waals surface area contributed by atoms with E-state index in [4.69, 9.17) is 4.74 Å². The Morgan fingerprint density at radius 2 is 1.84 bits per heavy atom. The molecule has 0 heterocycles. The molecule has 0 fully saturated rings. The molecular weight excluding hydrogens is 318 g/mol. The molecule has 5 heteroatoms. The number of carboxylic acids is 1. The summed E-state index contributed by atoms with van der Waals surface area (Å²) in [4.78, 5) is 26.4. The lowest BCUT2D eigenvalue weighted by Crippen LogP contribution is -2.40. The number of aryl methyl sites for hydroxylation is 1. The minimum atomic E-state index is -1.14. The van der Waals surface area contributed by atoms with Crippen LogP contribution < -0.4 is 9.64 Å². The average Bonchev–Trinajstić information content (AvgIpc) is 3.01. The quantitative estimate of drug-likeness (QED) is 0.909. The van der Waals surface area contributed by atoms with E-state index < -0.39 is 11.4 Å². The van der Waals surface area contributed by atoms with Gasteiger partial charge in [0, 0.05) is 19.2 Å². The van der Waals surface area contributed by atoms with Gasteiger partial charge in [-0.05, 0) is 48.2 Å². The van der Waals surface area contributed by atoms with Gasteiger partial charge in [0.05, 0.1) is 7.11 Å². The maximum atomic E-state index is 12.8. The third-order valence-corrected chi connectivity index (χ3v) is 5.05. The van der Waals surface area contributed by atoms with Crippen LogP contribution in [-0.4, -0.2) is 31.1 Å². The maximum absolute atomic E-state index is 12.8. The number of anilines is 1. The lowest BCUT2D eigenvalue weighted by Gasteiger charge is -2.28. The summed E-state index contributed by atoms with van der Waals surface area (Å²) in [5.74, 6) is -0.450. The first-order chi connectivity index (χ1) is 12.0. The fraction of sp³-hybridized carbons (Fsp3) is 0.300. The van der Waals surface area contributed by atoms with Crippen LogP contribution in [0.1, 0.15) is 24.0 Å². The van der Waals surface area contributed by atoms with E-state index >= 15 is 0 Å². The van der Waals surface area contributed by atoms with Gasteiger partial charge in [0.15, 0.2) is 0 Å². The van der Waals surface area contributed by atoms with Gasteiger partial charge >= 0.3 is 5.97 Å². The van der Waals surface area contributed by atoms with E-state index in [2.05, 4.69) is 0 Å². The van der Waals surface area contributed by atoms with Crippen LogP contribution in [0.4, 0.5) is 5.69 Å². The van der Waals surface area contributed by atoms with E-state index in [9.17, 15) is 14.7 Å². The number of amides is 1.